The van der Waals surface area contributed by atoms with Gasteiger partial charge in [0.2, 0.25) is 10.0 Å². The van der Waals surface area contributed by atoms with Crippen molar-refractivity contribution < 1.29 is 12.8 Å². The number of nitrogens with zero attached hydrogens (tertiary/aromatic N) is 2. The van der Waals surface area contributed by atoms with Crippen LogP contribution in [-0.2, 0) is 23.1 Å². The van der Waals surface area contributed by atoms with Crippen LogP contribution in [-0.4, -0.2) is 56.6 Å². The summed E-state index contributed by atoms with van der Waals surface area (Å²) in [5, 5.41) is 3.34. The van der Waals surface area contributed by atoms with Crippen LogP contribution < -0.4 is 5.32 Å². The monoisotopic (exact) mass is 315 g/mol. The van der Waals surface area contributed by atoms with E-state index in [0.29, 0.717) is 13.1 Å². The van der Waals surface area contributed by atoms with Crippen molar-refractivity contribution in [3.8, 4) is 0 Å². The van der Waals surface area contributed by atoms with Crippen molar-refractivity contribution in [1.29, 1.82) is 0 Å². The zero-order valence-electron chi connectivity index (χ0n) is 12.8. The third kappa shape index (κ3) is 4.81. The predicted molar refractivity (Wildman–Crippen MR) is 82.4 cm³/mol. The second-order valence-corrected chi connectivity index (χ2v) is 7.47. The van der Waals surface area contributed by atoms with E-state index in [-0.39, 0.29) is 0 Å². The molecule has 6 nitrogen and oxygen atoms in total. The van der Waals surface area contributed by atoms with E-state index in [0.717, 1.165) is 44.9 Å². The molecule has 2 rings (SSSR count). The molecule has 0 unspecified atom stereocenters. The Morgan fingerprint density at radius 1 is 1.29 bits per heavy atom. The molecule has 1 aromatic heterocycles. The summed E-state index contributed by atoms with van der Waals surface area (Å²) in [4.78, 5) is 2.27. The summed E-state index contributed by atoms with van der Waals surface area (Å²) < 4.78 is 30.1. The minimum atomic E-state index is -3.06. The van der Waals surface area contributed by atoms with Crippen LogP contribution in [0.15, 0.2) is 16.7 Å². The van der Waals surface area contributed by atoms with Gasteiger partial charge in [0.15, 0.2) is 0 Å². The maximum Gasteiger partial charge on any atom is 0.211 e. The number of sulfonamides is 1. The molecule has 0 amide bonds. The quantitative estimate of drug-likeness (QED) is 0.756. The van der Waals surface area contributed by atoms with Gasteiger partial charge in [0.25, 0.3) is 0 Å². The van der Waals surface area contributed by atoms with Gasteiger partial charge in [-0.25, -0.2) is 8.42 Å². The lowest BCUT2D eigenvalue weighted by Gasteiger charge is -2.33. The molecule has 1 aliphatic heterocycles. The minimum Gasteiger partial charge on any atom is -0.468 e. The molecule has 120 valence electrons. The fraction of sp³-hybridized carbons (Fsp3) is 0.714. The fourth-order valence-electron chi connectivity index (χ4n) is 2.50. The smallest absolute Gasteiger partial charge is 0.211 e. The topological polar surface area (TPSA) is 65.8 Å². The molecule has 0 radical (unpaired) electrons. The Balaban J connectivity index is 1.85. The van der Waals surface area contributed by atoms with Crippen LogP contribution in [0.25, 0.3) is 0 Å². The van der Waals surface area contributed by atoms with Gasteiger partial charge in [-0.3, -0.25) is 4.90 Å². The molecular weight excluding hydrogens is 290 g/mol. The Morgan fingerprint density at radius 2 is 2.00 bits per heavy atom. The average Bonchev–Trinajstić information content (AvgIpc) is 2.86. The molecule has 0 atom stereocenters. The van der Waals surface area contributed by atoms with Crippen molar-refractivity contribution in [2.75, 3.05) is 39.0 Å². The number of hydrogen-bond acceptors (Lipinski definition) is 5. The van der Waals surface area contributed by atoms with Gasteiger partial charge in [0.05, 0.1) is 19.1 Å². The Hall–Kier alpha value is -0.890. The van der Waals surface area contributed by atoms with Crippen molar-refractivity contribution in [1.82, 2.24) is 14.5 Å². The molecule has 0 aromatic carbocycles. The van der Waals surface area contributed by atoms with E-state index in [4.69, 9.17) is 4.42 Å². The largest absolute Gasteiger partial charge is 0.468 e. The molecular formula is C14H25N3O3S. The number of rotatable bonds is 7. The molecule has 0 aliphatic carbocycles. The molecule has 0 saturated carbocycles. The highest BCUT2D eigenvalue weighted by molar-refractivity contribution is 7.88. The third-order valence-corrected chi connectivity index (χ3v) is 5.05. The molecule has 0 bridgehead atoms. The average molecular weight is 315 g/mol. The lowest BCUT2D eigenvalue weighted by molar-refractivity contribution is 0.181. The van der Waals surface area contributed by atoms with Crippen molar-refractivity contribution >= 4 is 10.0 Å². The van der Waals surface area contributed by atoms with E-state index in [1.165, 1.54) is 11.8 Å². The van der Waals surface area contributed by atoms with Crippen LogP contribution in [0.5, 0.6) is 0 Å². The fourth-order valence-corrected chi connectivity index (χ4v) is 3.33. The summed E-state index contributed by atoms with van der Waals surface area (Å²) in [6.07, 6.45) is 4.10. The van der Waals surface area contributed by atoms with Crippen LogP contribution >= 0.6 is 0 Å². The second kappa shape index (κ2) is 7.40. The van der Waals surface area contributed by atoms with Crippen LogP contribution in [0, 0.1) is 0 Å². The molecule has 0 spiro atoms. The first-order valence-electron chi connectivity index (χ1n) is 7.44. The maximum absolute atomic E-state index is 11.5. The highest BCUT2D eigenvalue weighted by Gasteiger charge is 2.23. The molecule has 7 heteroatoms. The first-order valence-corrected chi connectivity index (χ1v) is 9.29. The number of nitrogens with one attached hydrogen (secondary N) is 1. The molecule has 21 heavy (non-hydrogen) atoms. The van der Waals surface area contributed by atoms with Crippen molar-refractivity contribution in [3.05, 3.63) is 23.7 Å². The molecule has 1 aromatic rings. The predicted octanol–water partition coefficient (Wildman–Crippen LogP) is 0.856. The standard InChI is InChI=1S/C14H25N3O3S/c1-3-5-15-11-14-13(4-10-20-14)12-16-6-8-17(9-7-16)21(2,18)19/h4,10,15H,3,5-9,11-12H2,1-2H3. The van der Waals surface area contributed by atoms with E-state index in [1.807, 2.05) is 6.07 Å². The van der Waals surface area contributed by atoms with Gasteiger partial charge in [-0.15, -0.1) is 0 Å². The number of furan rings is 1. The van der Waals surface area contributed by atoms with E-state index in [2.05, 4.69) is 17.1 Å². The Kier molecular flexibility index (Phi) is 5.80. The van der Waals surface area contributed by atoms with Crippen LogP contribution in [0.4, 0.5) is 0 Å². The van der Waals surface area contributed by atoms with Crippen LogP contribution in [0.3, 0.4) is 0 Å². The van der Waals surface area contributed by atoms with Gasteiger partial charge in [-0.2, -0.15) is 4.31 Å². The summed E-state index contributed by atoms with van der Waals surface area (Å²) in [5.74, 6) is 0.981. The lowest BCUT2D eigenvalue weighted by Crippen LogP contribution is -2.47. The molecule has 1 N–H and O–H groups in total. The van der Waals surface area contributed by atoms with Gasteiger partial charge in [-0.1, -0.05) is 6.92 Å². The zero-order chi connectivity index (χ0) is 15.3. The molecule has 2 heterocycles. The van der Waals surface area contributed by atoms with Gasteiger partial charge in [0, 0.05) is 38.3 Å². The van der Waals surface area contributed by atoms with Gasteiger partial charge in [0.1, 0.15) is 5.76 Å². The Labute approximate surface area is 127 Å². The summed E-state index contributed by atoms with van der Waals surface area (Å²) in [6.45, 7) is 7.35. The van der Waals surface area contributed by atoms with Gasteiger partial charge in [-0.05, 0) is 19.0 Å². The van der Waals surface area contributed by atoms with E-state index < -0.39 is 10.0 Å². The Morgan fingerprint density at radius 3 is 2.62 bits per heavy atom. The summed E-state index contributed by atoms with van der Waals surface area (Å²) in [6, 6.07) is 2.01. The Bertz CT molecular complexity index is 533. The molecule has 1 aliphatic rings. The maximum atomic E-state index is 11.5. The molecule has 1 saturated heterocycles. The van der Waals surface area contributed by atoms with E-state index >= 15 is 0 Å². The van der Waals surface area contributed by atoms with Crippen molar-refractivity contribution in [2.45, 2.75) is 26.4 Å². The van der Waals surface area contributed by atoms with Crippen LogP contribution in [0.2, 0.25) is 0 Å². The summed E-state index contributed by atoms with van der Waals surface area (Å²) in [7, 11) is -3.06. The van der Waals surface area contributed by atoms with Gasteiger partial charge < -0.3 is 9.73 Å². The summed E-state index contributed by atoms with van der Waals surface area (Å²) >= 11 is 0. The minimum absolute atomic E-state index is 0.570. The van der Waals surface area contributed by atoms with E-state index in [1.54, 1.807) is 10.6 Å². The van der Waals surface area contributed by atoms with Gasteiger partial charge >= 0.3 is 0 Å². The first kappa shape index (κ1) is 16.5. The lowest BCUT2D eigenvalue weighted by atomic mass is 10.2. The van der Waals surface area contributed by atoms with Crippen molar-refractivity contribution in [3.63, 3.8) is 0 Å². The second-order valence-electron chi connectivity index (χ2n) is 5.48. The number of piperazine rings is 1. The summed E-state index contributed by atoms with van der Waals surface area (Å²) in [5.41, 5.74) is 1.19. The highest BCUT2D eigenvalue weighted by Crippen LogP contribution is 2.15. The zero-order valence-corrected chi connectivity index (χ0v) is 13.7. The highest BCUT2D eigenvalue weighted by atomic mass is 32.2. The number of hydrogen-bond donors (Lipinski definition) is 1. The third-order valence-electron chi connectivity index (χ3n) is 3.74. The molecule has 1 fully saturated rings. The SMILES string of the molecule is CCCNCc1occc1CN1CCN(S(C)(=O)=O)CC1. The van der Waals surface area contributed by atoms with E-state index in [9.17, 15) is 8.42 Å². The van der Waals surface area contributed by atoms with Crippen LogP contribution in [0.1, 0.15) is 24.7 Å². The first-order chi connectivity index (χ1) is 10.0. The normalized spacial score (nSPS) is 18.2. The van der Waals surface area contributed by atoms with Crippen molar-refractivity contribution in [2.24, 2.45) is 0 Å².